The Kier molecular flexibility index (Phi) is 10.2. The lowest BCUT2D eigenvalue weighted by atomic mass is 10.1. The first-order valence-electron chi connectivity index (χ1n) is 12.6. The van der Waals surface area contributed by atoms with Crippen LogP contribution in [0.3, 0.4) is 0 Å². The summed E-state index contributed by atoms with van der Waals surface area (Å²) in [6.07, 6.45) is 9.13. The van der Waals surface area contributed by atoms with E-state index in [9.17, 15) is 4.79 Å². The number of carbonyl (C=O) groups excluding carboxylic acids is 1. The maximum absolute atomic E-state index is 12.5. The van der Waals surface area contributed by atoms with Crippen LogP contribution in [0.4, 0.5) is 11.4 Å². The summed E-state index contributed by atoms with van der Waals surface area (Å²) in [4.78, 5) is 21.1. The molecule has 0 saturated carbocycles. The number of ether oxygens (including phenoxy) is 1. The van der Waals surface area contributed by atoms with Gasteiger partial charge in [0.25, 0.3) is 5.91 Å². The summed E-state index contributed by atoms with van der Waals surface area (Å²) in [6, 6.07) is 19.8. The lowest BCUT2D eigenvalue weighted by Crippen LogP contribution is -2.13. The van der Waals surface area contributed by atoms with Crippen LogP contribution in [0.5, 0.6) is 5.75 Å². The zero-order valence-corrected chi connectivity index (χ0v) is 22.9. The number of amides is 1. The Hall–Kier alpha value is -4.45. The standard InChI is InChI=1S/C24H26N4O.C8H10O/c1-5-7-23-17(3)11-22(15-26-23)27-18(4)19-8-6-9-21(12-19)28-24(29)20-10-16(2)13-25-14-20;1-7-3-5-8(9-2)6-4-7/h5-15,18,27H,1-4H3,(H,28,29);3-6H,1-2H3/b7-5-;. The number of carbonyl (C=O) groups is 1. The van der Waals surface area contributed by atoms with Crippen LogP contribution in [-0.4, -0.2) is 23.0 Å². The number of hydrogen-bond acceptors (Lipinski definition) is 5. The van der Waals surface area contributed by atoms with Crippen molar-refractivity contribution in [2.45, 2.75) is 40.7 Å². The molecular formula is C32H36N4O2. The minimum atomic E-state index is -0.168. The van der Waals surface area contributed by atoms with E-state index in [0.29, 0.717) is 5.56 Å². The van der Waals surface area contributed by atoms with Gasteiger partial charge in [0, 0.05) is 24.1 Å². The Morgan fingerprint density at radius 1 is 0.921 bits per heavy atom. The Balaban J connectivity index is 0.000000375. The van der Waals surface area contributed by atoms with Crippen molar-refractivity contribution in [3.8, 4) is 5.75 Å². The summed E-state index contributed by atoms with van der Waals surface area (Å²) >= 11 is 0. The lowest BCUT2D eigenvalue weighted by Gasteiger charge is -2.17. The molecule has 2 aromatic carbocycles. The number of methoxy groups -OCH3 is 1. The van der Waals surface area contributed by atoms with Crippen molar-refractivity contribution in [2.75, 3.05) is 17.7 Å². The smallest absolute Gasteiger partial charge is 0.257 e. The molecule has 2 N–H and O–H groups in total. The molecule has 0 saturated heterocycles. The van der Waals surface area contributed by atoms with Crippen molar-refractivity contribution >= 4 is 23.4 Å². The Labute approximate surface area is 225 Å². The van der Waals surface area contributed by atoms with Gasteiger partial charge in [-0.25, -0.2) is 0 Å². The average Bonchev–Trinajstić information content (AvgIpc) is 2.91. The first-order valence-corrected chi connectivity index (χ1v) is 12.6. The molecule has 6 heteroatoms. The van der Waals surface area contributed by atoms with Crippen molar-refractivity contribution in [3.63, 3.8) is 0 Å². The molecule has 2 aromatic heterocycles. The van der Waals surface area contributed by atoms with Gasteiger partial charge in [-0.1, -0.05) is 35.9 Å². The summed E-state index contributed by atoms with van der Waals surface area (Å²) in [6.45, 7) is 10.1. The van der Waals surface area contributed by atoms with Gasteiger partial charge in [0.1, 0.15) is 5.75 Å². The predicted octanol–water partition coefficient (Wildman–Crippen LogP) is 7.56. The predicted molar refractivity (Wildman–Crippen MR) is 157 cm³/mol. The molecule has 0 aliphatic rings. The van der Waals surface area contributed by atoms with Crippen molar-refractivity contribution in [1.29, 1.82) is 0 Å². The number of nitrogens with zero attached hydrogens (tertiary/aromatic N) is 2. The molecule has 1 atom stereocenters. The number of rotatable bonds is 7. The highest BCUT2D eigenvalue weighted by molar-refractivity contribution is 6.04. The fourth-order valence-electron chi connectivity index (χ4n) is 3.77. The van der Waals surface area contributed by atoms with Crippen LogP contribution in [0.2, 0.25) is 0 Å². The van der Waals surface area contributed by atoms with Gasteiger partial charge in [0.2, 0.25) is 0 Å². The molecule has 4 aromatic rings. The molecule has 196 valence electrons. The third-order valence-electron chi connectivity index (χ3n) is 5.86. The van der Waals surface area contributed by atoms with Gasteiger partial charge in [-0.15, -0.1) is 0 Å². The van der Waals surface area contributed by atoms with Gasteiger partial charge in [0.05, 0.1) is 30.3 Å². The number of hydrogen-bond donors (Lipinski definition) is 2. The van der Waals surface area contributed by atoms with Gasteiger partial charge >= 0.3 is 0 Å². The summed E-state index contributed by atoms with van der Waals surface area (Å²) in [5.74, 6) is 0.749. The van der Waals surface area contributed by atoms with E-state index in [1.54, 1.807) is 19.5 Å². The second-order valence-electron chi connectivity index (χ2n) is 9.14. The average molecular weight is 509 g/mol. The summed E-state index contributed by atoms with van der Waals surface area (Å²) in [7, 11) is 1.67. The molecule has 0 radical (unpaired) electrons. The molecule has 1 unspecified atom stereocenters. The van der Waals surface area contributed by atoms with Crippen LogP contribution in [0.25, 0.3) is 6.08 Å². The molecular weight excluding hydrogens is 472 g/mol. The zero-order chi connectivity index (χ0) is 27.5. The van der Waals surface area contributed by atoms with Crippen molar-refractivity contribution < 1.29 is 9.53 Å². The quantitative estimate of drug-likeness (QED) is 0.269. The van der Waals surface area contributed by atoms with Crippen molar-refractivity contribution in [1.82, 2.24) is 9.97 Å². The molecule has 1 amide bonds. The monoisotopic (exact) mass is 508 g/mol. The topological polar surface area (TPSA) is 76.1 Å². The van der Waals surface area contributed by atoms with Gasteiger partial charge in [0.15, 0.2) is 0 Å². The SMILES string of the molecule is C/C=C\c1ncc(NC(C)c2cccc(NC(=O)c3cncc(C)c3)c2)cc1C.COc1ccc(C)cc1. The van der Waals surface area contributed by atoms with Crippen LogP contribution < -0.4 is 15.4 Å². The van der Waals surface area contributed by atoms with E-state index in [2.05, 4.69) is 47.4 Å². The Morgan fingerprint density at radius 3 is 2.34 bits per heavy atom. The van der Waals surface area contributed by atoms with E-state index in [0.717, 1.165) is 39.5 Å². The number of aryl methyl sites for hydroxylation is 3. The molecule has 0 aliphatic carbocycles. The Bertz CT molecular complexity index is 1380. The van der Waals surface area contributed by atoms with Crippen molar-refractivity contribution in [2.24, 2.45) is 0 Å². The molecule has 2 heterocycles. The normalized spacial score (nSPS) is 11.3. The molecule has 6 nitrogen and oxygen atoms in total. The molecule has 0 fully saturated rings. The maximum atomic E-state index is 12.5. The highest BCUT2D eigenvalue weighted by Crippen LogP contribution is 2.23. The number of aromatic nitrogens is 2. The fourth-order valence-corrected chi connectivity index (χ4v) is 3.77. The first kappa shape index (κ1) is 28.1. The largest absolute Gasteiger partial charge is 0.497 e. The third kappa shape index (κ3) is 8.30. The Morgan fingerprint density at radius 2 is 1.68 bits per heavy atom. The molecule has 0 bridgehead atoms. The minimum Gasteiger partial charge on any atom is -0.497 e. The number of pyridine rings is 2. The number of nitrogens with one attached hydrogen (secondary N) is 2. The molecule has 0 spiro atoms. The van der Waals surface area contributed by atoms with Gasteiger partial charge in [-0.05, 0) is 93.8 Å². The second kappa shape index (κ2) is 13.7. The van der Waals surface area contributed by atoms with E-state index < -0.39 is 0 Å². The van der Waals surface area contributed by atoms with E-state index in [1.807, 2.05) is 86.8 Å². The molecule has 4 rings (SSSR count). The van der Waals surface area contributed by atoms with Crippen LogP contribution in [0.15, 0.2) is 85.3 Å². The third-order valence-corrected chi connectivity index (χ3v) is 5.86. The van der Waals surface area contributed by atoms with Crippen LogP contribution >= 0.6 is 0 Å². The van der Waals surface area contributed by atoms with Gasteiger partial charge in [-0.2, -0.15) is 0 Å². The van der Waals surface area contributed by atoms with Gasteiger partial charge < -0.3 is 15.4 Å². The fraction of sp³-hybridized carbons (Fsp3) is 0.219. The second-order valence-corrected chi connectivity index (χ2v) is 9.14. The van der Waals surface area contributed by atoms with Crippen LogP contribution in [0, 0.1) is 20.8 Å². The summed E-state index contributed by atoms with van der Waals surface area (Å²) in [5, 5.41) is 6.43. The summed E-state index contributed by atoms with van der Waals surface area (Å²) in [5.41, 5.74) is 7.63. The van der Waals surface area contributed by atoms with Crippen LogP contribution in [-0.2, 0) is 0 Å². The number of allylic oxidation sites excluding steroid dienone is 1. The van der Waals surface area contributed by atoms with Gasteiger partial charge in [-0.3, -0.25) is 14.8 Å². The molecule has 38 heavy (non-hydrogen) atoms. The summed E-state index contributed by atoms with van der Waals surface area (Å²) < 4.78 is 4.97. The first-order chi connectivity index (χ1) is 18.3. The highest BCUT2D eigenvalue weighted by atomic mass is 16.5. The van der Waals surface area contributed by atoms with E-state index in [-0.39, 0.29) is 11.9 Å². The molecule has 0 aliphatic heterocycles. The number of anilines is 2. The zero-order valence-electron chi connectivity index (χ0n) is 22.9. The van der Waals surface area contributed by atoms with E-state index in [1.165, 1.54) is 5.56 Å². The maximum Gasteiger partial charge on any atom is 0.257 e. The van der Waals surface area contributed by atoms with Crippen LogP contribution in [0.1, 0.15) is 58.2 Å². The van der Waals surface area contributed by atoms with E-state index >= 15 is 0 Å². The minimum absolute atomic E-state index is 0.0567. The van der Waals surface area contributed by atoms with E-state index in [4.69, 9.17) is 4.74 Å². The number of benzene rings is 2. The highest BCUT2D eigenvalue weighted by Gasteiger charge is 2.10. The van der Waals surface area contributed by atoms with Crippen molar-refractivity contribution in [3.05, 3.63) is 119 Å². The lowest BCUT2D eigenvalue weighted by molar-refractivity contribution is 0.102.